The van der Waals surface area contributed by atoms with Crippen LogP contribution in [0.25, 0.3) is 0 Å². The number of aromatic nitrogens is 2. The van der Waals surface area contributed by atoms with E-state index >= 15 is 0 Å². The second-order valence-corrected chi connectivity index (χ2v) is 7.20. The molecule has 0 spiro atoms. The first-order chi connectivity index (χ1) is 12.2. The fraction of sp³-hybridized carbons (Fsp3) is 0.444. The zero-order chi connectivity index (χ0) is 17.6. The molecule has 132 valence electrons. The van der Waals surface area contributed by atoms with Crippen molar-refractivity contribution in [1.82, 2.24) is 15.1 Å². The molecule has 0 bridgehead atoms. The molecule has 1 aliphatic rings. The van der Waals surface area contributed by atoms with Crippen molar-refractivity contribution < 1.29 is 9.59 Å². The van der Waals surface area contributed by atoms with Gasteiger partial charge in [0.25, 0.3) is 11.8 Å². The van der Waals surface area contributed by atoms with E-state index in [4.69, 9.17) is 0 Å². The fourth-order valence-electron chi connectivity index (χ4n) is 2.85. The predicted octanol–water partition coefficient (Wildman–Crippen LogP) is 3.37. The molecule has 1 aromatic carbocycles. The Hall–Kier alpha value is -2.28. The van der Waals surface area contributed by atoms with Gasteiger partial charge < -0.3 is 10.2 Å². The number of nitrogens with one attached hydrogen (secondary N) is 1. The molecule has 25 heavy (non-hydrogen) atoms. The van der Waals surface area contributed by atoms with Crippen molar-refractivity contribution in [1.29, 1.82) is 0 Å². The van der Waals surface area contributed by atoms with Gasteiger partial charge in [0.05, 0.1) is 0 Å². The molecule has 3 rings (SSSR count). The van der Waals surface area contributed by atoms with Crippen LogP contribution in [0.2, 0.25) is 0 Å². The summed E-state index contributed by atoms with van der Waals surface area (Å²) in [4.78, 5) is 26.8. The lowest BCUT2D eigenvalue weighted by atomic mass is 10.1. The molecule has 0 radical (unpaired) electrons. The zero-order valence-corrected chi connectivity index (χ0v) is 15.1. The third-order valence-electron chi connectivity index (χ3n) is 4.14. The molecule has 2 amide bonds. The van der Waals surface area contributed by atoms with Crippen molar-refractivity contribution in [3.8, 4) is 0 Å². The molecule has 0 aliphatic carbocycles. The number of piperidine rings is 1. The number of anilines is 1. The van der Waals surface area contributed by atoms with E-state index < -0.39 is 0 Å². The SMILES string of the molecule is CCCc1nnc(C(=O)Nc2cccc(C(=O)N3CCCCC3)c2)s1. The molecule has 0 atom stereocenters. The van der Waals surface area contributed by atoms with Crippen LogP contribution in [0.15, 0.2) is 24.3 Å². The summed E-state index contributed by atoms with van der Waals surface area (Å²) in [5.41, 5.74) is 1.20. The standard InChI is InChI=1S/C18H22N4O2S/c1-2-7-15-20-21-17(25-15)16(23)19-14-9-6-8-13(12-14)18(24)22-10-4-3-5-11-22/h6,8-9,12H,2-5,7,10-11H2,1H3,(H,19,23). The minimum Gasteiger partial charge on any atom is -0.339 e. The second kappa shape index (κ2) is 8.20. The Kier molecular flexibility index (Phi) is 5.75. The van der Waals surface area contributed by atoms with Gasteiger partial charge in [0.1, 0.15) is 5.01 Å². The van der Waals surface area contributed by atoms with Crippen LogP contribution in [0, 0.1) is 0 Å². The molecular weight excluding hydrogens is 336 g/mol. The second-order valence-electron chi connectivity index (χ2n) is 6.14. The number of carbonyl (C=O) groups is 2. The molecule has 1 fully saturated rings. The van der Waals surface area contributed by atoms with Gasteiger partial charge in [0.2, 0.25) is 5.01 Å². The predicted molar refractivity (Wildman–Crippen MR) is 98.1 cm³/mol. The van der Waals surface area contributed by atoms with E-state index in [0.717, 1.165) is 43.8 Å². The van der Waals surface area contributed by atoms with Gasteiger partial charge in [-0.15, -0.1) is 10.2 Å². The third kappa shape index (κ3) is 4.42. The highest BCUT2D eigenvalue weighted by molar-refractivity contribution is 7.13. The van der Waals surface area contributed by atoms with Crippen molar-refractivity contribution in [2.75, 3.05) is 18.4 Å². The topological polar surface area (TPSA) is 75.2 Å². The summed E-state index contributed by atoms with van der Waals surface area (Å²) >= 11 is 1.31. The van der Waals surface area contributed by atoms with Crippen LogP contribution in [-0.4, -0.2) is 40.0 Å². The van der Waals surface area contributed by atoms with E-state index in [0.29, 0.717) is 16.3 Å². The van der Waals surface area contributed by atoms with Gasteiger partial charge in [-0.2, -0.15) is 0 Å². The average molecular weight is 358 g/mol. The van der Waals surface area contributed by atoms with Gasteiger partial charge in [-0.1, -0.05) is 24.3 Å². The molecule has 1 saturated heterocycles. The van der Waals surface area contributed by atoms with E-state index in [-0.39, 0.29) is 11.8 Å². The number of carbonyl (C=O) groups excluding carboxylic acids is 2. The number of nitrogens with zero attached hydrogens (tertiary/aromatic N) is 3. The minimum absolute atomic E-state index is 0.0250. The molecule has 1 aliphatic heterocycles. The Morgan fingerprint density at radius 1 is 1.20 bits per heavy atom. The van der Waals surface area contributed by atoms with Gasteiger partial charge in [0, 0.05) is 30.8 Å². The number of amides is 2. The van der Waals surface area contributed by atoms with Crippen LogP contribution in [0.5, 0.6) is 0 Å². The summed E-state index contributed by atoms with van der Waals surface area (Å²) in [6.07, 6.45) is 5.09. The molecule has 2 heterocycles. The maximum absolute atomic E-state index is 12.6. The number of likely N-dealkylation sites (tertiary alicyclic amines) is 1. The Morgan fingerprint density at radius 2 is 2.00 bits per heavy atom. The monoisotopic (exact) mass is 358 g/mol. The summed E-state index contributed by atoms with van der Waals surface area (Å²) in [6.45, 7) is 3.67. The molecule has 0 unspecified atom stereocenters. The van der Waals surface area contributed by atoms with Crippen LogP contribution in [0.3, 0.4) is 0 Å². The number of benzene rings is 1. The van der Waals surface area contributed by atoms with Crippen molar-refractivity contribution in [3.63, 3.8) is 0 Å². The van der Waals surface area contributed by atoms with Crippen molar-refractivity contribution in [2.45, 2.75) is 39.0 Å². The lowest BCUT2D eigenvalue weighted by molar-refractivity contribution is 0.0724. The molecule has 7 heteroatoms. The van der Waals surface area contributed by atoms with E-state index in [1.54, 1.807) is 24.3 Å². The molecule has 6 nitrogen and oxygen atoms in total. The van der Waals surface area contributed by atoms with Crippen LogP contribution >= 0.6 is 11.3 Å². The third-order valence-corrected chi connectivity index (χ3v) is 5.12. The first-order valence-electron chi connectivity index (χ1n) is 8.70. The first-order valence-corrected chi connectivity index (χ1v) is 9.52. The molecule has 1 aromatic heterocycles. The van der Waals surface area contributed by atoms with E-state index in [1.807, 2.05) is 4.90 Å². The molecule has 1 N–H and O–H groups in total. The highest BCUT2D eigenvalue weighted by Crippen LogP contribution is 2.18. The average Bonchev–Trinajstić information content (AvgIpc) is 3.11. The Balaban J connectivity index is 1.68. The summed E-state index contributed by atoms with van der Waals surface area (Å²) in [7, 11) is 0. The van der Waals surface area contributed by atoms with E-state index in [2.05, 4.69) is 22.4 Å². The van der Waals surface area contributed by atoms with Crippen LogP contribution < -0.4 is 5.32 Å². The quantitative estimate of drug-likeness (QED) is 0.889. The largest absolute Gasteiger partial charge is 0.339 e. The van der Waals surface area contributed by atoms with Gasteiger partial charge in [-0.25, -0.2) is 0 Å². The number of rotatable bonds is 5. The van der Waals surface area contributed by atoms with Crippen molar-refractivity contribution in [2.24, 2.45) is 0 Å². The van der Waals surface area contributed by atoms with Gasteiger partial charge in [0.15, 0.2) is 0 Å². The van der Waals surface area contributed by atoms with Crippen LogP contribution in [0.1, 0.15) is 57.8 Å². The van der Waals surface area contributed by atoms with Crippen LogP contribution in [0.4, 0.5) is 5.69 Å². The van der Waals surface area contributed by atoms with Crippen LogP contribution in [-0.2, 0) is 6.42 Å². The number of aryl methyl sites for hydroxylation is 1. The smallest absolute Gasteiger partial charge is 0.286 e. The molecule has 2 aromatic rings. The van der Waals surface area contributed by atoms with Gasteiger partial charge in [-0.3, -0.25) is 9.59 Å². The maximum Gasteiger partial charge on any atom is 0.286 e. The number of hydrogen-bond acceptors (Lipinski definition) is 5. The summed E-state index contributed by atoms with van der Waals surface area (Å²) in [5, 5.41) is 12.0. The van der Waals surface area contributed by atoms with Gasteiger partial charge in [-0.05, 0) is 43.9 Å². The first kappa shape index (κ1) is 17.5. The summed E-state index contributed by atoms with van der Waals surface area (Å²) < 4.78 is 0. The molecule has 0 saturated carbocycles. The normalized spacial score (nSPS) is 14.4. The summed E-state index contributed by atoms with van der Waals surface area (Å²) in [5.74, 6) is -0.264. The minimum atomic E-state index is -0.289. The molecular formula is C18H22N4O2S. The highest BCUT2D eigenvalue weighted by atomic mass is 32.1. The van der Waals surface area contributed by atoms with E-state index in [9.17, 15) is 9.59 Å². The van der Waals surface area contributed by atoms with Crippen molar-refractivity contribution in [3.05, 3.63) is 39.8 Å². The lowest BCUT2D eigenvalue weighted by Gasteiger charge is -2.26. The van der Waals surface area contributed by atoms with E-state index in [1.165, 1.54) is 17.8 Å². The Morgan fingerprint density at radius 3 is 2.76 bits per heavy atom. The Bertz CT molecular complexity index is 753. The lowest BCUT2D eigenvalue weighted by Crippen LogP contribution is -2.35. The fourth-order valence-corrected chi connectivity index (χ4v) is 3.69. The Labute approximate surface area is 151 Å². The zero-order valence-electron chi connectivity index (χ0n) is 14.3. The summed E-state index contributed by atoms with van der Waals surface area (Å²) in [6, 6.07) is 7.08. The van der Waals surface area contributed by atoms with Gasteiger partial charge >= 0.3 is 0 Å². The maximum atomic E-state index is 12.6. The highest BCUT2D eigenvalue weighted by Gasteiger charge is 2.19. The number of hydrogen-bond donors (Lipinski definition) is 1. The van der Waals surface area contributed by atoms with Crippen molar-refractivity contribution >= 4 is 28.8 Å².